The average molecular weight is 351 g/mol. The molecule has 2 N–H and O–H groups in total. The number of amides is 1. The molecule has 2 aromatic rings. The minimum Gasteiger partial charge on any atom is -0.480 e. The van der Waals surface area contributed by atoms with Crippen LogP contribution in [0, 0.1) is 12.7 Å². The van der Waals surface area contributed by atoms with Gasteiger partial charge in [-0.05, 0) is 30.7 Å². The summed E-state index contributed by atoms with van der Waals surface area (Å²) in [7, 11) is 0. The highest BCUT2D eigenvalue weighted by atomic mass is 19.1. The predicted molar refractivity (Wildman–Crippen MR) is 84.2 cm³/mol. The van der Waals surface area contributed by atoms with Crippen molar-refractivity contribution in [3.8, 4) is 11.4 Å². The summed E-state index contributed by atoms with van der Waals surface area (Å²) in [5, 5.41) is 14.8. The molecule has 25 heavy (non-hydrogen) atoms. The van der Waals surface area contributed by atoms with Crippen LogP contribution in [0.4, 0.5) is 4.39 Å². The molecule has 0 saturated carbocycles. The molecule has 8 nitrogen and oxygen atoms in total. The number of aromatic nitrogens is 2. The molecule has 0 fully saturated rings. The van der Waals surface area contributed by atoms with Crippen LogP contribution in [0.15, 0.2) is 22.7 Å². The smallest absolute Gasteiger partial charge is 0.329 e. The van der Waals surface area contributed by atoms with Crippen molar-refractivity contribution in [1.82, 2.24) is 15.5 Å². The number of carbonyl (C=O) groups is 2. The summed E-state index contributed by atoms with van der Waals surface area (Å²) >= 11 is 0. The van der Waals surface area contributed by atoms with Gasteiger partial charge < -0.3 is 19.7 Å². The lowest BCUT2D eigenvalue weighted by Gasteiger charge is -2.03. The van der Waals surface area contributed by atoms with Crippen molar-refractivity contribution in [3.63, 3.8) is 0 Å². The van der Waals surface area contributed by atoms with Gasteiger partial charge in [-0.3, -0.25) is 4.79 Å². The van der Waals surface area contributed by atoms with Gasteiger partial charge in [0.25, 0.3) is 0 Å². The number of nitrogens with zero attached hydrogens (tertiary/aromatic N) is 2. The molecule has 0 radical (unpaired) electrons. The molecule has 0 unspecified atom stereocenters. The van der Waals surface area contributed by atoms with Gasteiger partial charge in [0, 0.05) is 24.9 Å². The number of nitrogens with one attached hydrogen (secondary N) is 1. The highest BCUT2D eigenvalue weighted by Crippen LogP contribution is 2.19. The first-order valence-corrected chi connectivity index (χ1v) is 7.61. The minimum absolute atomic E-state index is 0.118. The Balaban J connectivity index is 1.76. The molecule has 0 bridgehead atoms. The number of rotatable bonds is 9. The minimum atomic E-state index is -1.06. The number of hydrogen-bond acceptors (Lipinski definition) is 6. The zero-order valence-electron chi connectivity index (χ0n) is 13.6. The molecule has 2 rings (SSSR count). The molecule has 134 valence electrons. The van der Waals surface area contributed by atoms with E-state index >= 15 is 0 Å². The summed E-state index contributed by atoms with van der Waals surface area (Å²) in [6.07, 6.45) is 0.401. The Hall–Kier alpha value is -2.81. The molecule has 0 aliphatic carbocycles. The van der Waals surface area contributed by atoms with E-state index in [1.165, 1.54) is 6.07 Å². The van der Waals surface area contributed by atoms with Gasteiger partial charge in [0.1, 0.15) is 12.4 Å². The van der Waals surface area contributed by atoms with Crippen LogP contribution in [0.25, 0.3) is 11.4 Å². The third kappa shape index (κ3) is 5.96. The van der Waals surface area contributed by atoms with Crippen molar-refractivity contribution in [2.24, 2.45) is 0 Å². The zero-order valence-corrected chi connectivity index (χ0v) is 13.6. The maximum absolute atomic E-state index is 13.3. The van der Waals surface area contributed by atoms with Gasteiger partial charge in [-0.25, -0.2) is 9.18 Å². The summed E-state index contributed by atoms with van der Waals surface area (Å²) < 4.78 is 23.2. The molecule has 1 heterocycles. The second-order valence-corrected chi connectivity index (χ2v) is 5.27. The van der Waals surface area contributed by atoms with E-state index in [1.807, 2.05) is 0 Å². The fraction of sp³-hybridized carbons (Fsp3) is 0.375. The molecule has 0 spiro atoms. The van der Waals surface area contributed by atoms with Gasteiger partial charge in [0.2, 0.25) is 17.6 Å². The van der Waals surface area contributed by atoms with Crippen LogP contribution in [-0.4, -0.2) is 46.9 Å². The number of hydrogen-bond donors (Lipinski definition) is 2. The molecule has 0 aliphatic rings. The van der Waals surface area contributed by atoms with E-state index in [1.54, 1.807) is 19.1 Å². The van der Waals surface area contributed by atoms with Crippen molar-refractivity contribution in [3.05, 3.63) is 35.5 Å². The summed E-state index contributed by atoms with van der Waals surface area (Å²) in [6.45, 7) is 1.58. The van der Waals surface area contributed by atoms with Gasteiger partial charge in [0.15, 0.2) is 0 Å². The molecule has 0 aliphatic heterocycles. The van der Waals surface area contributed by atoms with Crippen LogP contribution in [0.2, 0.25) is 0 Å². The monoisotopic (exact) mass is 351 g/mol. The van der Waals surface area contributed by atoms with Crippen LogP contribution in [0.3, 0.4) is 0 Å². The highest BCUT2D eigenvalue weighted by Gasteiger charge is 2.11. The highest BCUT2D eigenvalue weighted by molar-refractivity contribution is 5.76. The first kappa shape index (κ1) is 18.5. The van der Waals surface area contributed by atoms with Crippen LogP contribution >= 0.6 is 0 Å². The van der Waals surface area contributed by atoms with E-state index in [-0.39, 0.29) is 37.7 Å². The summed E-state index contributed by atoms with van der Waals surface area (Å²) in [5.41, 5.74) is 1.11. The van der Waals surface area contributed by atoms with Crippen LogP contribution in [-0.2, 0) is 20.7 Å². The molecule has 0 saturated heterocycles. The van der Waals surface area contributed by atoms with E-state index < -0.39 is 12.6 Å². The molecule has 9 heteroatoms. The number of aliphatic carboxylic acids is 1. The summed E-state index contributed by atoms with van der Waals surface area (Å²) in [5.74, 6) is -0.975. The standard InChI is InChI=1S/C16H18FN3O5/c1-10-8-11(2-3-12(10)17)16-19-14(25-20-16)5-4-13(21)18-6-7-24-9-15(22)23/h2-3,8H,4-7,9H2,1H3,(H,18,21)(H,22,23). The maximum atomic E-state index is 13.3. The Labute approximate surface area is 143 Å². The van der Waals surface area contributed by atoms with Crippen molar-refractivity contribution >= 4 is 11.9 Å². The van der Waals surface area contributed by atoms with Crippen LogP contribution < -0.4 is 5.32 Å². The summed E-state index contributed by atoms with van der Waals surface area (Å²) in [6, 6.07) is 4.51. The topological polar surface area (TPSA) is 115 Å². The lowest BCUT2D eigenvalue weighted by atomic mass is 10.1. The predicted octanol–water partition coefficient (Wildman–Crippen LogP) is 1.33. The first-order valence-electron chi connectivity index (χ1n) is 7.61. The van der Waals surface area contributed by atoms with Crippen molar-refractivity contribution in [1.29, 1.82) is 0 Å². The normalized spacial score (nSPS) is 10.6. The Bertz CT molecular complexity index is 747. The number of carboxylic acid groups (broad SMARTS) is 1. The number of ether oxygens (including phenoxy) is 1. The number of carboxylic acids is 1. The number of aryl methyl sites for hydroxylation is 2. The van der Waals surface area contributed by atoms with Gasteiger partial charge in [0.05, 0.1) is 6.61 Å². The van der Waals surface area contributed by atoms with Crippen LogP contribution in [0.1, 0.15) is 17.9 Å². The number of halogens is 1. The van der Waals surface area contributed by atoms with Gasteiger partial charge in [-0.2, -0.15) is 4.98 Å². The lowest BCUT2D eigenvalue weighted by molar-refractivity contribution is -0.142. The SMILES string of the molecule is Cc1cc(-c2noc(CCC(=O)NCCOCC(=O)O)n2)ccc1F. The average Bonchev–Trinajstić information content (AvgIpc) is 3.04. The third-order valence-electron chi connectivity index (χ3n) is 3.24. The fourth-order valence-corrected chi connectivity index (χ4v) is 1.99. The quantitative estimate of drug-likeness (QED) is 0.655. The van der Waals surface area contributed by atoms with Crippen LogP contribution in [0.5, 0.6) is 0 Å². The second-order valence-electron chi connectivity index (χ2n) is 5.27. The lowest BCUT2D eigenvalue weighted by Crippen LogP contribution is -2.28. The van der Waals surface area contributed by atoms with E-state index in [0.717, 1.165) is 0 Å². The fourth-order valence-electron chi connectivity index (χ4n) is 1.99. The Morgan fingerprint density at radius 2 is 2.20 bits per heavy atom. The molecular weight excluding hydrogens is 333 g/mol. The van der Waals surface area contributed by atoms with Gasteiger partial charge in [-0.1, -0.05) is 5.16 Å². The van der Waals surface area contributed by atoms with Crippen molar-refractivity contribution in [2.45, 2.75) is 19.8 Å². The summed E-state index contributed by atoms with van der Waals surface area (Å²) in [4.78, 5) is 26.1. The number of carbonyl (C=O) groups excluding carboxylic acids is 1. The molecule has 1 aromatic heterocycles. The van der Waals surface area contributed by atoms with E-state index in [4.69, 9.17) is 14.4 Å². The molecule has 1 aromatic carbocycles. The largest absolute Gasteiger partial charge is 0.480 e. The van der Waals surface area contributed by atoms with Crippen molar-refractivity contribution in [2.75, 3.05) is 19.8 Å². The molecule has 1 amide bonds. The van der Waals surface area contributed by atoms with E-state index in [0.29, 0.717) is 22.8 Å². The Kier molecular flexibility index (Phi) is 6.58. The molecule has 0 atom stereocenters. The second kappa shape index (κ2) is 8.88. The first-order chi connectivity index (χ1) is 12.0. The van der Waals surface area contributed by atoms with Crippen molar-refractivity contribution < 1.29 is 28.3 Å². The Morgan fingerprint density at radius 3 is 2.92 bits per heavy atom. The molecular formula is C16H18FN3O5. The van der Waals surface area contributed by atoms with Gasteiger partial charge in [-0.15, -0.1) is 0 Å². The Morgan fingerprint density at radius 1 is 1.40 bits per heavy atom. The maximum Gasteiger partial charge on any atom is 0.329 e. The third-order valence-corrected chi connectivity index (χ3v) is 3.24. The number of benzene rings is 1. The van der Waals surface area contributed by atoms with E-state index in [2.05, 4.69) is 15.5 Å². The van der Waals surface area contributed by atoms with Gasteiger partial charge >= 0.3 is 5.97 Å². The van der Waals surface area contributed by atoms with E-state index in [9.17, 15) is 14.0 Å². The zero-order chi connectivity index (χ0) is 18.2.